The lowest BCUT2D eigenvalue weighted by Crippen LogP contribution is -2.31. The Labute approximate surface area is 190 Å². The number of carbonyl (C=O) groups excluding carboxylic acids is 1. The molecule has 9 heteroatoms. The number of rotatable bonds is 8. The van der Waals surface area contributed by atoms with Crippen LogP contribution in [0.25, 0.3) is 5.78 Å². The molecule has 0 radical (unpaired) electrons. The standard InChI is InChI=1S/C23H25N5O3S/c1-5-27(22(29)21-25-23-24-15(2)11-16(3)28(23)26-21)13-17-8-9-19(20(12-17)30-4)31-14-18-7-6-10-32-18/h6-12H,5,13-14H2,1-4H3. The molecule has 0 aliphatic heterocycles. The van der Waals surface area contributed by atoms with Gasteiger partial charge in [0, 0.05) is 29.4 Å². The molecule has 0 spiro atoms. The van der Waals surface area contributed by atoms with Gasteiger partial charge in [0.15, 0.2) is 11.5 Å². The number of aromatic nitrogens is 4. The fourth-order valence-electron chi connectivity index (χ4n) is 3.42. The van der Waals surface area contributed by atoms with Crippen molar-refractivity contribution in [2.75, 3.05) is 13.7 Å². The summed E-state index contributed by atoms with van der Waals surface area (Å²) in [5.41, 5.74) is 2.64. The van der Waals surface area contributed by atoms with Crippen molar-refractivity contribution in [3.63, 3.8) is 0 Å². The zero-order valence-corrected chi connectivity index (χ0v) is 19.3. The Morgan fingerprint density at radius 2 is 2.00 bits per heavy atom. The molecule has 0 unspecified atom stereocenters. The van der Waals surface area contributed by atoms with Gasteiger partial charge in [-0.05, 0) is 56.0 Å². The van der Waals surface area contributed by atoms with Gasteiger partial charge in [-0.3, -0.25) is 4.79 Å². The van der Waals surface area contributed by atoms with Crippen molar-refractivity contribution in [3.05, 3.63) is 69.4 Å². The third-order valence-corrected chi connectivity index (χ3v) is 5.88. The van der Waals surface area contributed by atoms with Crippen LogP contribution >= 0.6 is 11.3 Å². The molecule has 166 valence electrons. The monoisotopic (exact) mass is 451 g/mol. The van der Waals surface area contributed by atoms with Gasteiger partial charge in [0.2, 0.25) is 5.82 Å². The Morgan fingerprint density at radius 1 is 1.16 bits per heavy atom. The Morgan fingerprint density at radius 3 is 2.72 bits per heavy atom. The van der Waals surface area contributed by atoms with E-state index in [2.05, 4.69) is 15.1 Å². The number of aryl methyl sites for hydroxylation is 2. The SMILES string of the molecule is CCN(Cc1ccc(OCc2cccs2)c(OC)c1)C(=O)c1nc2nc(C)cc(C)n2n1. The maximum atomic E-state index is 13.1. The molecule has 32 heavy (non-hydrogen) atoms. The fraction of sp³-hybridized carbons (Fsp3) is 0.304. The summed E-state index contributed by atoms with van der Waals surface area (Å²) in [5.74, 6) is 1.61. The second-order valence-electron chi connectivity index (χ2n) is 7.36. The molecule has 3 heterocycles. The first-order valence-corrected chi connectivity index (χ1v) is 11.2. The summed E-state index contributed by atoms with van der Waals surface area (Å²) >= 11 is 1.65. The number of amides is 1. The normalized spacial score (nSPS) is 11.0. The topological polar surface area (TPSA) is 81.9 Å². The van der Waals surface area contributed by atoms with Crippen molar-refractivity contribution in [1.82, 2.24) is 24.5 Å². The van der Waals surface area contributed by atoms with Crippen molar-refractivity contribution in [3.8, 4) is 11.5 Å². The lowest BCUT2D eigenvalue weighted by atomic mass is 10.2. The number of benzene rings is 1. The minimum atomic E-state index is -0.243. The number of ether oxygens (including phenoxy) is 2. The molecule has 1 amide bonds. The molecular formula is C23H25N5O3S. The molecule has 8 nitrogen and oxygen atoms in total. The van der Waals surface area contributed by atoms with Gasteiger partial charge in [0.05, 0.1) is 7.11 Å². The molecular weight excluding hydrogens is 426 g/mol. The van der Waals surface area contributed by atoms with Crippen molar-refractivity contribution in [2.45, 2.75) is 33.9 Å². The van der Waals surface area contributed by atoms with Crippen LogP contribution in [0.2, 0.25) is 0 Å². The van der Waals surface area contributed by atoms with Gasteiger partial charge in [0.25, 0.3) is 11.7 Å². The van der Waals surface area contributed by atoms with E-state index in [0.29, 0.717) is 37.0 Å². The molecule has 1 aromatic carbocycles. The maximum Gasteiger partial charge on any atom is 0.293 e. The molecule has 0 fully saturated rings. The van der Waals surface area contributed by atoms with E-state index in [4.69, 9.17) is 9.47 Å². The number of methoxy groups -OCH3 is 1. The zero-order valence-electron chi connectivity index (χ0n) is 18.5. The van der Waals surface area contributed by atoms with E-state index < -0.39 is 0 Å². The summed E-state index contributed by atoms with van der Waals surface area (Å²) in [4.78, 5) is 24.6. The highest BCUT2D eigenvalue weighted by Gasteiger charge is 2.21. The Hall–Kier alpha value is -3.46. The molecule has 3 aromatic heterocycles. The first-order valence-electron chi connectivity index (χ1n) is 10.3. The maximum absolute atomic E-state index is 13.1. The van der Waals surface area contributed by atoms with Crippen LogP contribution in [0.5, 0.6) is 11.5 Å². The lowest BCUT2D eigenvalue weighted by Gasteiger charge is -2.20. The molecule has 4 aromatic rings. The number of carbonyl (C=O) groups is 1. The van der Waals surface area contributed by atoms with E-state index in [9.17, 15) is 4.79 Å². The summed E-state index contributed by atoms with van der Waals surface area (Å²) in [5, 5.41) is 6.39. The second kappa shape index (κ2) is 9.35. The highest BCUT2D eigenvalue weighted by molar-refractivity contribution is 7.09. The first kappa shape index (κ1) is 21.8. The van der Waals surface area contributed by atoms with Gasteiger partial charge < -0.3 is 14.4 Å². The molecule has 0 saturated carbocycles. The lowest BCUT2D eigenvalue weighted by molar-refractivity contribution is 0.0740. The van der Waals surface area contributed by atoms with Gasteiger partial charge in [-0.2, -0.15) is 4.98 Å². The van der Waals surface area contributed by atoms with Crippen molar-refractivity contribution < 1.29 is 14.3 Å². The highest BCUT2D eigenvalue weighted by Crippen LogP contribution is 2.30. The number of thiophene rings is 1. The second-order valence-corrected chi connectivity index (χ2v) is 8.39. The van der Waals surface area contributed by atoms with E-state index in [-0.39, 0.29) is 11.7 Å². The molecule has 0 atom stereocenters. The minimum absolute atomic E-state index is 0.135. The van der Waals surface area contributed by atoms with Crippen LogP contribution in [-0.2, 0) is 13.2 Å². The van der Waals surface area contributed by atoms with Gasteiger partial charge in [-0.15, -0.1) is 16.4 Å². The quantitative estimate of drug-likeness (QED) is 0.402. The van der Waals surface area contributed by atoms with Crippen LogP contribution in [0.15, 0.2) is 41.8 Å². The third kappa shape index (κ3) is 4.57. The van der Waals surface area contributed by atoms with E-state index in [0.717, 1.165) is 21.8 Å². The zero-order chi connectivity index (χ0) is 22.7. The minimum Gasteiger partial charge on any atom is -0.493 e. The van der Waals surface area contributed by atoms with Gasteiger partial charge in [-0.1, -0.05) is 12.1 Å². The van der Waals surface area contributed by atoms with E-state index in [1.165, 1.54) is 0 Å². The fourth-order valence-corrected chi connectivity index (χ4v) is 4.04. The number of hydrogen-bond acceptors (Lipinski definition) is 7. The molecule has 0 aliphatic carbocycles. The van der Waals surface area contributed by atoms with Crippen LogP contribution in [0.3, 0.4) is 0 Å². The van der Waals surface area contributed by atoms with Crippen LogP contribution in [0, 0.1) is 13.8 Å². The van der Waals surface area contributed by atoms with Crippen LogP contribution in [0.4, 0.5) is 0 Å². The Balaban J connectivity index is 1.51. The van der Waals surface area contributed by atoms with E-state index in [1.807, 2.05) is 62.5 Å². The van der Waals surface area contributed by atoms with Crippen LogP contribution < -0.4 is 9.47 Å². The number of nitrogens with zero attached hydrogens (tertiary/aromatic N) is 5. The summed E-state index contributed by atoms with van der Waals surface area (Å²) in [7, 11) is 1.61. The summed E-state index contributed by atoms with van der Waals surface area (Å²) in [6.45, 7) is 7.13. The summed E-state index contributed by atoms with van der Waals surface area (Å²) < 4.78 is 13.0. The largest absolute Gasteiger partial charge is 0.493 e. The molecule has 4 rings (SSSR count). The molecule has 0 aliphatic rings. The Kier molecular flexibility index (Phi) is 6.36. The number of hydrogen-bond donors (Lipinski definition) is 0. The summed E-state index contributed by atoms with van der Waals surface area (Å²) in [6.07, 6.45) is 0. The average Bonchev–Trinajstić information content (AvgIpc) is 3.46. The average molecular weight is 452 g/mol. The van der Waals surface area contributed by atoms with Crippen molar-refractivity contribution in [2.24, 2.45) is 0 Å². The van der Waals surface area contributed by atoms with Crippen molar-refractivity contribution >= 4 is 23.0 Å². The molecule has 0 saturated heterocycles. The van der Waals surface area contributed by atoms with Gasteiger partial charge >= 0.3 is 0 Å². The predicted molar refractivity (Wildman–Crippen MR) is 122 cm³/mol. The first-order chi connectivity index (χ1) is 15.5. The third-order valence-electron chi connectivity index (χ3n) is 5.03. The van der Waals surface area contributed by atoms with Crippen LogP contribution in [0.1, 0.15) is 39.4 Å². The smallest absolute Gasteiger partial charge is 0.293 e. The van der Waals surface area contributed by atoms with E-state index in [1.54, 1.807) is 27.9 Å². The Bertz CT molecular complexity index is 1240. The van der Waals surface area contributed by atoms with Gasteiger partial charge in [0.1, 0.15) is 6.61 Å². The summed E-state index contributed by atoms with van der Waals surface area (Å²) in [6, 6.07) is 11.6. The van der Waals surface area contributed by atoms with Crippen LogP contribution in [-0.4, -0.2) is 44.0 Å². The molecule has 0 N–H and O–H groups in total. The predicted octanol–water partition coefficient (Wildman–Crippen LogP) is 4.05. The highest BCUT2D eigenvalue weighted by atomic mass is 32.1. The van der Waals surface area contributed by atoms with Gasteiger partial charge in [-0.25, -0.2) is 9.50 Å². The molecule has 0 bridgehead atoms. The number of fused-ring (bicyclic) bond motifs is 1. The van der Waals surface area contributed by atoms with E-state index >= 15 is 0 Å². The van der Waals surface area contributed by atoms with Crippen molar-refractivity contribution in [1.29, 1.82) is 0 Å².